The lowest BCUT2D eigenvalue weighted by molar-refractivity contribution is -0.141. The number of rotatable bonds is 8. The molecule has 10 heteroatoms. The summed E-state index contributed by atoms with van der Waals surface area (Å²) in [6.07, 6.45) is 0.295. The first kappa shape index (κ1) is 23.7. The Morgan fingerprint density at radius 1 is 1.09 bits per heavy atom. The standard InChI is InChI=1S/C22H24ClN3O5S/c1-3-18(21(28)24-4-2)25(13-15-9-5-7-11-17(15)23)20(27)14-26-22(29)16-10-6-8-12-19(16)32(26,30)31/h5-12,18H,3-4,13-14H2,1-2H3,(H,24,28)/t18-/m1/s1. The third-order valence-corrected chi connectivity index (χ3v) is 7.38. The van der Waals surface area contributed by atoms with Crippen LogP contribution in [0.25, 0.3) is 0 Å². The molecule has 1 atom stereocenters. The van der Waals surface area contributed by atoms with E-state index in [4.69, 9.17) is 11.6 Å². The fourth-order valence-electron chi connectivity index (χ4n) is 3.62. The molecule has 0 unspecified atom stereocenters. The molecule has 1 aliphatic heterocycles. The molecule has 0 spiro atoms. The average molecular weight is 478 g/mol. The lowest BCUT2D eigenvalue weighted by Crippen LogP contribution is -2.52. The van der Waals surface area contributed by atoms with Gasteiger partial charge in [-0.3, -0.25) is 14.4 Å². The Hall–Kier alpha value is -2.91. The third-order valence-electron chi connectivity index (χ3n) is 5.23. The first-order valence-electron chi connectivity index (χ1n) is 10.2. The first-order chi connectivity index (χ1) is 15.2. The van der Waals surface area contributed by atoms with Gasteiger partial charge < -0.3 is 10.2 Å². The topological polar surface area (TPSA) is 104 Å². The van der Waals surface area contributed by atoms with Gasteiger partial charge in [0.15, 0.2) is 0 Å². The molecule has 0 aliphatic carbocycles. The zero-order valence-corrected chi connectivity index (χ0v) is 19.3. The van der Waals surface area contributed by atoms with E-state index in [1.165, 1.54) is 23.1 Å². The van der Waals surface area contributed by atoms with Gasteiger partial charge in [0.1, 0.15) is 17.5 Å². The Kier molecular flexibility index (Phi) is 7.20. The second kappa shape index (κ2) is 9.70. The van der Waals surface area contributed by atoms with Crippen molar-refractivity contribution in [3.63, 3.8) is 0 Å². The molecule has 1 heterocycles. The number of hydrogen-bond acceptors (Lipinski definition) is 5. The fourth-order valence-corrected chi connectivity index (χ4v) is 5.34. The lowest BCUT2D eigenvalue weighted by atomic mass is 10.1. The SMILES string of the molecule is CCNC(=O)[C@@H](CC)N(Cc1ccccc1Cl)C(=O)CN1C(=O)c2ccccc2S1(=O)=O. The van der Waals surface area contributed by atoms with Crippen molar-refractivity contribution in [1.82, 2.24) is 14.5 Å². The van der Waals surface area contributed by atoms with Crippen molar-refractivity contribution >= 4 is 39.3 Å². The Labute approximate surface area is 192 Å². The maximum Gasteiger partial charge on any atom is 0.269 e. The molecule has 0 bridgehead atoms. The van der Waals surface area contributed by atoms with Crippen LogP contribution in [0.3, 0.4) is 0 Å². The number of amides is 3. The van der Waals surface area contributed by atoms with Crippen LogP contribution in [0.1, 0.15) is 36.2 Å². The highest BCUT2D eigenvalue weighted by Crippen LogP contribution is 2.30. The number of fused-ring (bicyclic) bond motifs is 1. The molecular weight excluding hydrogens is 454 g/mol. The molecule has 0 fully saturated rings. The summed E-state index contributed by atoms with van der Waals surface area (Å²) in [5.41, 5.74) is 0.623. The molecular formula is C22H24ClN3O5S. The zero-order valence-electron chi connectivity index (χ0n) is 17.7. The molecule has 8 nitrogen and oxygen atoms in total. The van der Waals surface area contributed by atoms with Crippen LogP contribution in [0.5, 0.6) is 0 Å². The van der Waals surface area contributed by atoms with Crippen LogP contribution in [0.2, 0.25) is 5.02 Å². The van der Waals surface area contributed by atoms with E-state index in [1.807, 2.05) is 0 Å². The maximum atomic E-state index is 13.4. The molecule has 2 aromatic rings. The normalized spacial score (nSPS) is 15.2. The number of benzene rings is 2. The Morgan fingerprint density at radius 3 is 2.38 bits per heavy atom. The monoisotopic (exact) mass is 477 g/mol. The van der Waals surface area contributed by atoms with E-state index in [0.29, 0.717) is 27.9 Å². The highest BCUT2D eigenvalue weighted by atomic mass is 35.5. The number of nitrogens with zero attached hydrogens (tertiary/aromatic N) is 2. The van der Waals surface area contributed by atoms with Crippen molar-refractivity contribution in [2.75, 3.05) is 13.1 Å². The number of likely N-dealkylation sites (N-methyl/N-ethyl adjacent to an activating group) is 1. The molecule has 0 saturated carbocycles. The Bertz CT molecular complexity index is 1150. The van der Waals surface area contributed by atoms with Gasteiger partial charge in [-0.1, -0.05) is 48.9 Å². The van der Waals surface area contributed by atoms with Crippen LogP contribution in [0.15, 0.2) is 53.4 Å². The van der Waals surface area contributed by atoms with Gasteiger partial charge in [-0.15, -0.1) is 0 Å². The van der Waals surface area contributed by atoms with Gasteiger partial charge in [-0.05, 0) is 37.1 Å². The quantitative estimate of drug-likeness (QED) is 0.628. The molecule has 3 rings (SSSR count). The summed E-state index contributed by atoms with van der Waals surface area (Å²) in [6, 6.07) is 11.8. The summed E-state index contributed by atoms with van der Waals surface area (Å²) in [5, 5.41) is 3.11. The Balaban J connectivity index is 1.94. The lowest BCUT2D eigenvalue weighted by Gasteiger charge is -2.31. The number of halogens is 1. The first-order valence-corrected chi connectivity index (χ1v) is 12.0. The highest BCUT2D eigenvalue weighted by molar-refractivity contribution is 7.90. The van der Waals surface area contributed by atoms with Gasteiger partial charge in [-0.25, -0.2) is 12.7 Å². The minimum absolute atomic E-state index is 0.0107. The second-order valence-electron chi connectivity index (χ2n) is 7.24. The van der Waals surface area contributed by atoms with Crippen LogP contribution >= 0.6 is 11.6 Å². The van der Waals surface area contributed by atoms with Crippen molar-refractivity contribution in [3.05, 3.63) is 64.7 Å². The van der Waals surface area contributed by atoms with E-state index in [9.17, 15) is 22.8 Å². The molecule has 1 N–H and O–H groups in total. The molecule has 0 radical (unpaired) electrons. The minimum atomic E-state index is -4.16. The number of carbonyl (C=O) groups is 3. The van der Waals surface area contributed by atoms with Gasteiger partial charge in [0, 0.05) is 18.1 Å². The second-order valence-corrected chi connectivity index (χ2v) is 9.48. The van der Waals surface area contributed by atoms with Crippen molar-refractivity contribution in [2.45, 2.75) is 37.8 Å². The summed E-state index contributed by atoms with van der Waals surface area (Å²) in [6.45, 7) is 3.16. The average Bonchev–Trinajstić information content (AvgIpc) is 2.96. The smallest absolute Gasteiger partial charge is 0.269 e. The number of nitrogens with one attached hydrogen (secondary N) is 1. The van der Waals surface area contributed by atoms with Crippen LogP contribution in [-0.2, 0) is 26.2 Å². The predicted octanol–water partition coefficient (Wildman–Crippen LogP) is 2.43. The molecule has 0 aromatic heterocycles. The minimum Gasteiger partial charge on any atom is -0.355 e. The van der Waals surface area contributed by atoms with Crippen LogP contribution in [-0.4, -0.2) is 54.5 Å². The van der Waals surface area contributed by atoms with Crippen molar-refractivity contribution in [2.24, 2.45) is 0 Å². The van der Waals surface area contributed by atoms with E-state index in [2.05, 4.69) is 5.32 Å². The highest BCUT2D eigenvalue weighted by Gasteiger charge is 2.43. The number of carbonyl (C=O) groups excluding carboxylic acids is 3. The van der Waals surface area contributed by atoms with Gasteiger partial charge >= 0.3 is 0 Å². The van der Waals surface area contributed by atoms with Gasteiger partial charge in [0.25, 0.3) is 15.9 Å². The van der Waals surface area contributed by atoms with Crippen molar-refractivity contribution in [1.29, 1.82) is 0 Å². The maximum absolute atomic E-state index is 13.4. The van der Waals surface area contributed by atoms with Gasteiger partial charge in [-0.2, -0.15) is 0 Å². The summed E-state index contributed by atoms with van der Waals surface area (Å²) in [7, 11) is -4.16. The number of hydrogen-bond donors (Lipinski definition) is 1. The van der Waals surface area contributed by atoms with E-state index < -0.39 is 34.4 Å². The van der Waals surface area contributed by atoms with Crippen molar-refractivity contribution < 1.29 is 22.8 Å². The van der Waals surface area contributed by atoms with E-state index in [-0.39, 0.29) is 22.9 Å². The van der Waals surface area contributed by atoms with Gasteiger partial charge in [0.2, 0.25) is 11.8 Å². The summed E-state index contributed by atoms with van der Waals surface area (Å²) < 4.78 is 26.3. The van der Waals surface area contributed by atoms with E-state index in [0.717, 1.165) is 0 Å². The number of sulfonamides is 1. The predicted molar refractivity (Wildman–Crippen MR) is 119 cm³/mol. The van der Waals surface area contributed by atoms with E-state index in [1.54, 1.807) is 44.2 Å². The molecule has 170 valence electrons. The fraction of sp³-hybridized carbons (Fsp3) is 0.318. The van der Waals surface area contributed by atoms with Crippen LogP contribution in [0.4, 0.5) is 0 Å². The van der Waals surface area contributed by atoms with Crippen molar-refractivity contribution in [3.8, 4) is 0 Å². The molecule has 32 heavy (non-hydrogen) atoms. The summed E-state index contributed by atoms with van der Waals surface area (Å²) in [5.74, 6) is -1.81. The molecule has 3 amide bonds. The zero-order chi connectivity index (χ0) is 23.5. The summed E-state index contributed by atoms with van der Waals surface area (Å²) >= 11 is 6.26. The molecule has 1 aliphatic rings. The van der Waals surface area contributed by atoms with Gasteiger partial charge in [0.05, 0.1) is 5.56 Å². The molecule has 0 saturated heterocycles. The largest absolute Gasteiger partial charge is 0.355 e. The Morgan fingerprint density at radius 2 is 1.75 bits per heavy atom. The van der Waals surface area contributed by atoms with E-state index >= 15 is 0 Å². The molecule has 2 aromatic carbocycles. The van der Waals surface area contributed by atoms with Crippen LogP contribution in [0, 0.1) is 0 Å². The summed E-state index contributed by atoms with van der Waals surface area (Å²) in [4.78, 5) is 39.9. The third kappa shape index (κ3) is 4.49. The van der Waals surface area contributed by atoms with Crippen LogP contribution < -0.4 is 5.32 Å².